The molecule has 0 aliphatic carbocycles. The monoisotopic (exact) mass is 166 g/mol. The Labute approximate surface area is 48.5 Å². The first-order chi connectivity index (χ1) is 3.92. The Morgan fingerprint density at radius 2 is 1.89 bits per heavy atom. The Morgan fingerprint density at radius 1 is 1.44 bits per heavy atom. The summed E-state index contributed by atoms with van der Waals surface area (Å²) >= 11 is 0. The summed E-state index contributed by atoms with van der Waals surface area (Å²) in [5.74, 6) is 0. The van der Waals surface area contributed by atoms with Crippen molar-refractivity contribution in [3.8, 4) is 0 Å². The molecule has 0 aliphatic rings. The molecular weight excluding hydrogens is 163 g/mol. The van der Waals surface area contributed by atoms with Crippen molar-refractivity contribution in [2.45, 2.75) is 6.43 Å². The maximum Gasteiger partial charge on any atom is 0.552 e. The van der Waals surface area contributed by atoms with Gasteiger partial charge in [-0.3, -0.25) is 4.52 Å². The molecule has 56 valence electrons. The summed E-state index contributed by atoms with van der Waals surface area (Å²) in [7, 11) is -5.70. The summed E-state index contributed by atoms with van der Waals surface area (Å²) in [5, 5.41) is 0. The molecule has 0 amide bonds. The summed E-state index contributed by atoms with van der Waals surface area (Å²) in [6.45, 7) is -1.48. The summed E-state index contributed by atoms with van der Waals surface area (Å²) < 4.78 is 56.3. The third-order valence-corrected chi connectivity index (χ3v) is 0.800. The zero-order valence-electron chi connectivity index (χ0n) is 4.06. The number of halogens is 4. The van der Waals surface area contributed by atoms with Crippen molar-refractivity contribution in [2.24, 2.45) is 0 Å². The number of hydrogen-bond donors (Lipinski definition) is 0. The first-order valence-corrected chi connectivity index (χ1v) is 3.24. The Balaban J connectivity index is 3.40. The van der Waals surface area contributed by atoms with Crippen LogP contribution in [-0.4, -0.2) is 13.0 Å². The van der Waals surface area contributed by atoms with Gasteiger partial charge in [0.2, 0.25) is 0 Å². The van der Waals surface area contributed by atoms with Crippen LogP contribution in [0.25, 0.3) is 0 Å². The van der Waals surface area contributed by atoms with Crippen LogP contribution in [0, 0.1) is 0 Å². The Kier molecular flexibility index (Phi) is 3.14. The van der Waals surface area contributed by atoms with Crippen molar-refractivity contribution in [3.63, 3.8) is 0 Å². The van der Waals surface area contributed by atoms with E-state index in [1.165, 1.54) is 0 Å². The van der Waals surface area contributed by atoms with Crippen LogP contribution in [0.2, 0.25) is 0 Å². The highest BCUT2D eigenvalue weighted by Gasteiger charge is 2.22. The lowest BCUT2D eigenvalue weighted by molar-refractivity contribution is 0.0737. The standard InChI is InChI=1S/C2H3F4O2P/c3-2(4)1-8-9(5,6)7/h2H,1H2. The predicted molar refractivity (Wildman–Crippen MR) is 21.8 cm³/mol. The number of hydrogen-bond acceptors (Lipinski definition) is 2. The quantitative estimate of drug-likeness (QED) is 0.475. The van der Waals surface area contributed by atoms with Crippen molar-refractivity contribution < 1.29 is 26.3 Å². The third kappa shape index (κ3) is 7.91. The van der Waals surface area contributed by atoms with E-state index in [-0.39, 0.29) is 0 Å². The minimum absolute atomic E-state index is 1.48. The van der Waals surface area contributed by atoms with Crippen LogP contribution in [-0.2, 0) is 9.09 Å². The smallest absolute Gasteiger partial charge is 0.274 e. The van der Waals surface area contributed by atoms with E-state index in [9.17, 15) is 21.7 Å². The van der Waals surface area contributed by atoms with Crippen molar-refractivity contribution in [1.82, 2.24) is 0 Å². The summed E-state index contributed by atoms with van der Waals surface area (Å²) in [6, 6.07) is 0. The predicted octanol–water partition coefficient (Wildman–Crippen LogP) is 2.32. The van der Waals surface area contributed by atoms with Gasteiger partial charge in [-0.2, -0.15) is 0 Å². The van der Waals surface area contributed by atoms with E-state index in [0.717, 1.165) is 0 Å². The lowest BCUT2D eigenvalue weighted by Crippen LogP contribution is -1.99. The van der Waals surface area contributed by atoms with Gasteiger partial charge in [0.1, 0.15) is 6.61 Å². The normalized spacial score (nSPS) is 12.6. The van der Waals surface area contributed by atoms with Crippen LogP contribution in [0.1, 0.15) is 0 Å². The molecule has 0 aromatic rings. The third-order valence-electron chi connectivity index (χ3n) is 0.351. The molecule has 0 saturated heterocycles. The van der Waals surface area contributed by atoms with E-state index in [1.54, 1.807) is 0 Å². The molecular formula is C2H3F4O2P. The van der Waals surface area contributed by atoms with Gasteiger partial charge in [-0.25, -0.2) is 13.3 Å². The van der Waals surface area contributed by atoms with Gasteiger partial charge in [-0.1, -0.05) is 0 Å². The van der Waals surface area contributed by atoms with E-state index >= 15 is 0 Å². The molecule has 0 spiro atoms. The second-order valence-corrected chi connectivity index (χ2v) is 2.19. The topological polar surface area (TPSA) is 26.3 Å². The number of rotatable bonds is 3. The van der Waals surface area contributed by atoms with Crippen LogP contribution in [0.4, 0.5) is 17.2 Å². The molecule has 0 N–H and O–H groups in total. The van der Waals surface area contributed by atoms with Crippen LogP contribution in [0.3, 0.4) is 0 Å². The molecule has 0 heterocycles. The van der Waals surface area contributed by atoms with Gasteiger partial charge >= 0.3 is 7.99 Å². The van der Waals surface area contributed by atoms with Gasteiger partial charge < -0.3 is 0 Å². The Morgan fingerprint density at radius 3 is 2.00 bits per heavy atom. The summed E-state index contributed by atoms with van der Waals surface area (Å²) in [4.78, 5) is 0. The second kappa shape index (κ2) is 3.17. The van der Waals surface area contributed by atoms with Crippen molar-refractivity contribution in [2.75, 3.05) is 6.61 Å². The Hall–Kier alpha value is -0.0900. The minimum atomic E-state index is -5.70. The maximum absolute atomic E-state index is 11.1. The highest BCUT2D eigenvalue weighted by Crippen LogP contribution is 2.50. The van der Waals surface area contributed by atoms with Gasteiger partial charge in [0.25, 0.3) is 6.43 Å². The molecule has 0 aliphatic heterocycles. The zero-order chi connectivity index (χ0) is 7.49. The fourth-order valence-corrected chi connectivity index (χ4v) is 0.429. The average molecular weight is 166 g/mol. The van der Waals surface area contributed by atoms with E-state index in [1.807, 2.05) is 0 Å². The molecule has 2 nitrogen and oxygen atoms in total. The van der Waals surface area contributed by atoms with Crippen LogP contribution in [0.5, 0.6) is 0 Å². The molecule has 0 rings (SSSR count). The molecule has 0 radical (unpaired) electrons. The lowest BCUT2D eigenvalue weighted by Gasteiger charge is -1.97. The maximum atomic E-state index is 11.1. The molecule has 0 atom stereocenters. The van der Waals surface area contributed by atoms with E-state index in [2.05, 4.69) is 4.52 Å². The van der Waals surface area contributed by atoms with Gasteiger partial charge in [-0.15, -0.1) is 8.39 Å². The molecule has 7 heteroatoms. The van der Waals surface area contributed by atoms with Crippen LogP contribution < -0.4 is 0 Å². The van der Waals surface area contributed by atoms with Gasteiger partial charge in [0.05, 0.1) is 0 Å². The van der Waals surface area contributed by atoms with Crippen molar-refractivity contribution in [1.29, 1.82) is 0 Å². The molecule has 0 saturated carbocycles. The lowest BCUT2D eigenvalue weighted by atomic mass is 10.8. The molecule has 0 unspecified atom stereocenters. The zero-order valence-corrected chi connectivity index (χ0v) is 4.95. The Bertz CT molecular complexity index is 120. The van der Waals surface area contributed by atoms with E-state index in [4.69, 9.17) is 0 Å². The number of alkyl halides is 2. The molecule has 9 heavy (non-hydrogen) atoms. The fourth-order valence-electron chi connectivity index (χ4n) is 0.143. The molecule has 0 aromatic carbocycles. The second-order valence-electron chi connectivity index (χ2n) is 1.10. The SMILES string of the molecule is O=P(F)(F)OCC(F)F. The van der Waals surface area contributed by atoms with Crippen LogP contribution in [0.15, 0.2) is 0 Å². The fraction of sp³-hybridized carbons (Fsp3) is 1.00. The van der Waals surface area contributed by atoms with Gasteiger partial charge in [0.15, 0.2) is 0 Å². The minimum Gasteiger partial charge on any atom is -0.274 e. The first kappa shape index (κ1) is 8.91. The van der Waals surface area contributed by atoms with Gasteiger partial charge in [-0.05, 0) is 0 Å². The highest BCUT2D eigenvalue weighted by molar-refractivity contribution is 7.47. The van der Waals surface area contributed by atoms with Crippen molar-refractivity contribution >= 4 is 7.99 Å². The van der Waals surface area contributed by atoms with Crippen molar-refractivity contribution in [3.05, 3.63) is 0 Å². The molecule has 0 fully saturated rings. The average Bonchev–Trinajstić information content (AvgIpc) is 1.59. The molecule has 0 bridgehead atoms. The summed E-state index contributed by atoms with van der Waals surface area (Å²) in [5.41, 5.74) is 0. The van der Waals surface area contributed by atoms with E-state index in [0.29, 0.717) is 0 Å². The summed E-state index contributed by atoms with van der Waals surface area (Å²) in [6.07, 6.45) is -3.01. The highest BCUT2D eigenvalue weighted by atomic mass is 31.2. The van der Waals surface area contributed by atoms with E-state index < -0.39 is 21.0 Å². The van der Waals surface area contributed by atoms with Gasteiger partial charge in [0, 0.05) is 0 Å². The molecule has 0 aromatic heterocycles. The largest absolute Gasteiger partial charge is 0.552 e. The first-order valence-electron chi connectivity index (χ1n) is 1.84. The van der Waals surface area contributed by atoms with Crippen LogP contribution >= 0.6 is 7.99 Å².